The van der Waals surface area contributed by atoms with Crippen molar-refractivity contribution in [1.82, 2.24) is 4.57 Å². The van der Waals surface area contributed by atoms with Gasteiger partial charge in [0, 0.05) is 25.7 Å². The lowest BCUT2D eigenvalue weighted by atomic mass is 9.95. The summed E-state index contributed by atoms with van der Waals surface area (Å²) < 4.78 is 17.7. The molecule has 1 aromatic heterocycles. The SMILES string of the molecule is CCN(CC)c1ccc(/C=c2/sc3n(c2=O)[C@H](c2ccc(OC(C)=O)c(OC)c2)C(C(=O)OC)=C(C)N=3)cc1. The molecule has 0 spiro atoms. The van der Waals surface area contributed by atoms with Crippen molar-refractivity contribution in [2.24, 2.45) is 4.99 Å². The zero-order valence-electron chi connectivity index (χ0n) is 22.8. The highest BCUT2D eigenvalue weighted by Gasteiger charge is 2.33. The monoisotopic (exact) mass is 549 g/mol. The predicted octanol–water partition coefficient (Wildman–Crippen LogP) is 3.19. The lowest BCUT2D eigenvalue weighted by Gasteiger charge is -2.25. The Morgan fingerprint density at radius 3 is 2.36 bits per heavy atom. The second-order valence-electron chi connectivity index (χ2n) is 8.84. The van der Waals surface area contributed by atoms with Gasteiger partial charge in [-0.3, -0.25) is 14.2 Å². The van der Waals surface area contributed by atoms with E-state index in [9.17, 15) is 14.4 Å². The van der Waals surface area contributed by atoms with E-state index in [1.165, 1.54) is 37.0 Å². The number of rotatable bonds is 8. The molecule has 0 N–H and O–H groups in total. The van der Waals surface area contributed by atoms with Crippen LogP contribution in [0.25, 0.3) is 6.08 Å². The molecule has 1 atom stereocenters. The minimum absolute atomic E-state index is 0.231. The normalized spacial score (nSPS) is 14.9. The smallest absolute Gasteiger partial charge is 0.338 e. The number of carbonyl (C=O) groups is 2. The first-order valence-electron chi connectivity index (χ1n) is 12.5. The van der Waals surface area contributed by atoms with E-state index in [0.717, 1.165) is 24.3 Å². The fourth-order valence-electron chi connectivity index (χ4n) is 4.62. The molecule has 0 unspecified atom stereocenters. The summed E-state index contributed by atoms with van der Waals surface area (Å²) in [7, 11) is 2.74. The van der Waals surface area contributed by atoms with Crippen LogP contribution in [0, 0.1) is 0 Å². The Labute approximate surface area is 230 Å². The summed E-state index contributed by atoms with van der Waals surface area (Å²) in [6.45, 7) is 9.04. The molecule has 2 aromatic carbocycles. The summed E-state index contributed by atoms with van der Waals surface area (Å²) in [6.07, 6.45) is 1.83. The van der Waals surface area contributed by atoms with Crippen molar-refractivity contribution in [3.63, 3.8) is 0 Å². The Hall–Kier alpha value is -4.18. The number of nitrogens with zero attached hydrogens (tertiary/aromatic N) is 3. The lowest BCUT2D eigenvalue weighted by Crippen LogP contribution is -2.39. The number of esters is 2. The molecule has 4 rings (SSSR count). The van der Waals surface area contributed by atoms with Gasteiger partial charge in [-0.1, -0.05) is 29.5 Å². The fraction of sp³-hybridized carbons (Fsp3) is 0.310. The molecule has 0 bridgehead atoms. The van der Waals surface area contributed by atoms with Crippen molar-refractivity contribution < 1.29 is 23.8 Å². The number of fused-ring (bicyclic) bond motifs is 1. The van der Waals surface area contributed by atoms with Crippen LogP contribution in [0.15, 0.2) is 63.5 Å². The van der Waals surface area contributed by atoms with E-state index in [4.69, 9.17) is 14.2 Å². The molecule has 0 fully saturated rings. The number of methoxy groups -OCH3 is 2. The molecule has 0 radical (unpaired) electrons. The summed E-state index contributed by atoms with van der Waals surface area (Å²) in [6, 6.07) is 12.1. The average Bonchev–Trinajstić information content (AvgIpc) is 3.23. The molecule has 1 aliphatic heterocycles. The van der Waals surface area contributed by atoms with Gasteiger partial charge < -0.3 is 19.1 Å². The van der Waals surface area contributed by atoms with Gasteiger partial charge in [-0.05, 0) is 62.2 Å². The maximum atomic E-state index is 13.8. The maximum absolute atomic E-state index is 13.8. The highest BCUT2D eigenvalue weighted by molar-refractivity contribution is 7.07. The summed E-state index contributed by atoms with van der Waals surface area (Å²) in [5.41, 5.74) is 2.97. The summed E-state index contributed by atoms with van der Waals surface area (Å²) in [5.74, 6) is -0.567. The molecular weight excluding hydrogens is 518 g/mol. The van der Waals surface area contributed by atoms with Gasteiger partial charge in [0.25, 0.3) is 5.56 Å². The highest BCUT2D eigenvalue weighted by atomic mass is 32.1. The average molecular weight is 550 g/mol. The quantitative estimate of drug-likeness (QED) is 0.314. The second-order valence-corrected chi connectivity index (χ2v) is 9.85. The first kappa shape index (κ1) is 27.8. The van der Waals surface area contributed by atoms with Gasteiger partial charge in [-0.2, -0.15) is 0 Å². The predicted molar refractivity (Wildman–Crippen MR) is 150 cm³/mol. The molecule has 3 aromatic rings. The fourth-order valence-corrected chi connectivity index (χ4v) is 5.67. The minimum Gasteiger partial charge on any atom is -0.493 e. The molecule has 0 saturated carbocycles. The van der Waals surface area contributed by atoms with Crippen LogP contribution < -0.4 is 29.3 Å². The lowest BCUT2D eigenvalue weighted by molar-refractivity contribution is -0.136. The number of carbonyl (C=O) groups excluding carboxylic acids is 2. The van der Waals surface area contributed by atoms with Crippen LogP contribution in [0.1, 0.15) is 44.9 Å². The molecule has 39 heavy (non-hydrogen) atoms. The zero-order valence-corrected chi connectivity index (χ0v) is 23.6. The number of aromatic nitrogens is 1. The highest BCUT2D eigenvalue weighted by Crippen LogP contribution is 2.36. The van der Waals surface area contributed by atoms with Crippen LogP contribution in [0.3, 0.4) is 0 Å². The van der Waals surface area contributed by atoms with Crippen LogP contribution in [-0.4, -0.2) is 43.8 Å². The summed E-state index contributed by atoms with van der Waals surface area (Å²) in [5, 5.41) is 0. The Morgan fingerprint density at radius 2 is 1.77 bits per heavy atom. The van der Waals surface area contributed by atoms with Gasteiger partial charge in [0.1, 0.15) is 0 Å². The molecule has 0 saturated heterocycles. The van der Waals surface area contributed by atoms with Crippen molar-refractivity contribution in [3.05, 3.63) is 84.5 Å². The van der Waals surface area contributed by atoms with Gasteiger partial charge in [-0.25, -0.2) is 9.79 Å². The number of allylic oxidation sites excluding steroid dienone is 1. The van der Waals surface area contributed by atoms with Crippen molar-refractivity contribution in [2.75, 3.05) is 32.2 Å². The summed E-state index contributed by atoms with van der Waals surface area (Å²) >= 11 is 1.25. The van der Waals surface area contributed by atoms with E-state index in [2.05, 4.69) is 23.7 Å². The van der Waals surface area contributed by atoms with Crippen molar-refractivity contribution in [1.29, 1.82) is 0 Å². The zero-order chi connectivity index (χ0) is 28.3. The number of benzene rings is 2. The molecule has 1 aliphatic rings. The molecule has 0 aliphatic carbocycles. The second kappa shape index (κ2) is 11.7. The van der Waals surface area contributed by atoms with Gasteiger partial charge in [0.15, 0.2) is 16.3 Å². The minimum atomic E-state index is -0.818. The number of hydrogen-bond donors (Lipinski definition) is 0. The van der Waals surface area contributed by atoms with E-state index in [1.54, 1.807) is 25.1 Å². The van der Waals surface area contributed by atoms with Gasteiger partial charge in [0.2, 0.25) is 0 Å². The van der Waals surface area contributed by atoms with Crippen LogP contribution in [0.5, 0.6) is 11.5 Å². The number of anilines is 1. The van der Waals surface area contributed by atoms with Gasteiger partial charge >= 0.3 is 11.9 Å². The van der Waals surface area contributed by atoms with E-state index in [1.807, 2.05) is 30.3 Å². The summed E-state index contributed by atoms with van der Waals surface area (Å²) in [4.78, 5) is 45.5. The third kappa shape index (κ3) is 5.51. The van der Waals surface area contributed by atoms with E-state index in [0.29, 0.717) is 20.6 Å². The maximum Gasteiger partial charge on any atom is 0.338 e. The van der Waals surface area contributed by atoms with Gasteiger partial charge in [-0.15, -0.1) is 0 Å². The third-order valence-corrected chi connectivity index (χ3v) is 7.49. The molecule has 0 amide bonds. The first-order valence-corrected chi connectivity index (χ1v) is 13.4. The van der Waals surface area contributed by atoms with Crippen molar-refractivity contribution >= 4 is 35.0 Å². The van der Waals surface area contributed by atoms with Crippen LogP contribution in [0.4, 0.5) is 5.69 Å². The Morgan fingerprint density at radius 1 is 1.08 bits per heavy atom. The largest absolute Gasteiger partial charge is 0.493 e. The molecule has 10 heteroatoms. The first-order chi connectivity index (χ1) is 18.7. The van der Waals surface area contributed by atoms with Crippen molar-refractivity contribution in [2.45, 2.75) is 33.7 Å². The standard InChI is InChI=1S/C29H31N3O6S/c1-7-31(8-2)21-12-9-19(10-13-21)15-24-27(34)32-26(25(28(35)37-6)17(3)30-29(32)39-24)20-11-14-22(38-18(4)33)23(16-20)36-5/h9-16,26H,7-8H2,1-6H3/b24-15+/t26-/m1/s1. The number of hydrogen-bond acceptors (Lipinski definition) is 9. The molecule has 204 valence electrons. The molecule has 9 nitrogen and oxygen atoms in total. The van der Waals surface area contributed by atoms with E-state index >= 15 is 0 Å². The van der Waals surface area contributed by atoms with Crippen LogP contribution in [-0.2, 0) is 14.3 Å². The Bertz CT molecular complexity index is 1610. The molecular formula is C29H31N3O6S. The van der Waals surface area contributed by atoms with Gasteiger partial charge in [0.05, 0.1) is 36.1 Å². The molecule has 2 heterocycles. The number of ether oxygens (including phenoxy) is 3. The number of thiazole rings is 1. The van der Waals surface area contributed by atoms with Crippen LogP contribution >= 0.6 is 11.3 Å². The topological polar surface area (TPSA) is 99.4 Å². The Balaban J connectivity index is 1.87. The van der Waals surface area contributed by atoms with Crippen molar-refractivity contribution in [3.8, 4) is 11.5 Å². The van der Waals surface area contributed by atoms with E-state index in [-0.39, 0.29) is 22.6 Å². The third-order valence-electron chi connectivity index (χ3n) is 6.50. The van der Waals surface area contributed by atoms with E-state index < -0.39 is 18.0 Å². The van der Waals surface area contributed by atoms with Crippen LogP contribution in [0.2, 0.25) is 0 Å². The Kier molecular flexibility index (Phi) is 8.35.